The summed E-state index contributed by atoms with van der Waals surface area (Å²) in [6, 6.07) is 126. The second-order valence-electron chi connectivity index (χ2n) is 26.4. The van der Waals surface area contributed by atoms with Gasteiger partial charge in [-0.1, -0.05) is 261 Å². The highest BCUT2D eigenvalue weighted by Gasteiger charge is 2.42. The van der Waals surface area contributed by atoms with Crippen LogP contribution in [-0.4, -0.2) is 42.5 Å². The number of hydrogen-bond acceptors (Lipinski definition) is 3. The second-order valence-corrected chi connectivity index (χ2v) is 26.4. The standard InChI is InChI=1S/C92H57N10/c1-4-30-58(31-5-1)88-93-89(59-32-6-2-7-33-59)95-90(94-88)84-86(97-72-46-20-10-36-61(72)62-37-11-21-47-73(62)97)91(99-76-50-24-14-40-65(76)66-41-15-25-51-77(66)99)102(101-81-55-29-18-44-69(81)70-56-57-82-83(85(70)101)71-45-19-28-54-80(71)96(82)60-34-8-3-9-35-60)92(100-78-52-26-16-42-67(78)68-43-17-27-53-79(68)100)87(84)98-74-48-22-12-38-63(74)64-39-13-23-49-75(64)98/h1-57H/q+1. The summed E-state index contributed by atoms with van der Waals surface area (Å²) < 4.78 is 17.9. The molecule has 0 unspecified atom stereocenters. The Labute approximate surface area is 583 Å². The Bertz CT molecular complexity index is 6730. The first kappa shape index (κ1) is 56.1. The average Bonchev–Trinajstić information content (AvgIpc) is 1.41. The van der Waals surface area contributed by atoms with Crippen LogP contribution in [0.3, 0.4) is 0 Å². The van der Waals surface area contributed by atoms with Crippen molar-refractivity contribution in [3.8, 4) is 62.9 Å². The molecule has 102 heavy (non-hydrogen) atoms. The molecule has 0 aliphatic carbocycles. The van der Waals surface area contributed by atoms with Gasteiger partial charge in [-0.3, -0.25) is 0 Å². The molecule has 0 bridgehead atoms. The molecule has 0 amide bonds. The van der Waals surface area contributed by atoms with Crippen molar-refractivity contribution in [3.05, 3.63) is 346 Å². The molecule has 0 saturated carbocycles. The fraction of sp³-hybridized carbons (Fsp3) is 0. The van der Waals surface area contributed by atoms with E-state index in [4.69, 9.17) is 15.0 Å². The Morgan fingerprint density at radius 3 is 0.863 bits per heavy atom. The van der Waals surface area contributed by atoms with E-state index in [2.05, 4.69) is 378 Å². The molecule has 0 radical (unpaired) electrons. The molecule has 22 aromatic rings. The van der Waals surface area contributed by atoms with Gasteiger partial charge in [0.15, 0.2) is 17.5 Å². The lowest BCUT2D eigenvalue weighted by atomic mass is 10.1. The molecule has 22 rings (SSSR count). The number of benzene rings is 14. The zero-order valence-electron chi connectivity index (χ0n) is 54.9. The Balaban J connectivity index is 1.13. The van der Waals surface area contributed by atoms with Crippen LogP contribution in [0.5, 0.6) is 0 Å². The zero-order chi connectivity index (χ0) is 66.7. The SMILES string of the molecule is c1ccc(-c2nc(-c3ccccc3)nc(-c3c(-n4c5ccccc5c5ccccc54)c(-n4c5ccccc5c5ccccc54)[n+](-n4c5ccccc5c5ccc6c(c7ccccc7n6-c6ccccc6)c54)c(-n4c5ccccc5c5ccccc54)c3-n3c4ccccc4c4ccccc43)n2)cc1. The van der Waals surface area contributed by atoms with Gasteiger partial charge in [0.25, 0.3) is 11.6 Å². The van der Waals surface area contributed by atoms with Gasteiger partial charge in [0, 0.05) is 81.4 Å². The summed E-state index contributed by atoms with van der Waals surface area (Å²) >= 11 is 0. The first-order chi connectivity index (χ1) is 50.7. The van der Waals surface area contributed by atoms with Gasteiger partial charge >= 0.3 is 0 Å². The van der Waals surface area contributed by atoms with E-state index in [1.165, 1.54) is 0 Å². The van der Waals surface area contributed by atoms with E-state index in [1.807, 2.05) is 0 Å². The van der Waals surface area contributed by atoms with E-state index in [0.29, 0.717) is 17.5 Å². The lowest BCUT2D eigenvalue weighted by Crippen LogP contribution is -2.51. The average molecular weight is 1300 g/mol. The Morgan fingerprint density at radius 1 is 0.206 bits per heavy atom. The number of rotatable bonds is 9. The van der Waals surface area contributed by atoms with Gasteiger partial charge in [0.05, 0.1) is 49.7 Å². The number of aromatic nitrogens is 10. The Morgan fingerprint density at radius 2 is 0.490 bits per heavy atom. The second kappa shape index (κ2) is 21.8. The van der Waals surface area contributed by atoms with E-state index in [0.717, 1.165) is 176 Å². The van der Waals surface area contributed by atoms with Gasteiger partial charge in [-0.2, -0.15) is 4.68 Å². The van der Waals surface area contributed by atoms with Crippen molar-refractivity contribution in [1.82, 2.24) is 42.5 Å². The van der Waals surface area contributed by atoms with E-state index < -0.39 is 0 Å². The van der Waals surface area contributed by atoms with Crippen LogP contribution in [0.4, 0.5) is 0 Å². The summed E-state index contributed by atoms with van der Waals surface area (Å²) in [7, 11) is 0. The monoisotopic (exact) mass is 1300 g/mol. The smallest absolute Gasteiger partial charge is 0.282 e. The highest BCUT2D eigenvalue weighted by Crippen LogP contribution is 2.50. The van der Waals surface area contributed by atoms with Crippen molar-refractivity contribution in [2.75, 3.05) is 0 Å². The van der Waals surface area contributed by atoms with Crippen LogP contribution in [-0.2, 0) is 0 Å². The molecule has 8 aromatic heterocycles. The van der Waals surface area contributed by atoms with Crippen molar-refractivity contribution in [3.63, 3.8) is 0 Å². The number of nitrogens with zero attached hydrogens (tertiary/aromatic N) is 10. The molecule has 10 nitrogen and oxygen atoms in total. The predicted octanol–water partition coefficient (Wildman–Crippen LogP) is 22.1. The van der Waals surface area contributed by atoms with Crippen molar-refractivity contribution in [2.24, 2.45) is 0 Å². The minimum absolute atomic E-state index is 0.475. The fourth-order valence-electron chi connectivity index (χ4n) is 17.0. The lowest BCUT2D eigenvalue weighted by molar-refractivity contribution is -0.708. The van der Waals surface area contributed by atoms with Crippen molar-refractivity contribution in [2.45, 2.75) is 0 Å². The van der Waals surface area contributed by atoms with E-state index >= 15 is 0 Å². The predicted molar refractivity (Wildman–Crippen MR) is 418 cm³/mol. The molecule has 0 atom stereocenters. The number of hydrogen-bond donors (Lipinski definition) is 0. The topological polar surface area (TPSA) is 72.1 Å². The third kappa shape index (κ3) is 7.88. The van der Waals surface area contributed by atoms with Crippen molar-refractivity contribution in [1.29, 1.82) is 0 Å². The van der Waals surface area contributed by atoms with Gasteiger partial charge < -0.3 is 13.7 Å². The molecular weight excluding hydrogens is 1250 g/mol. The highest BCUT2D eigenvalue weighted by molar-refractivity contribution is 6.26. The molecule has 0 spiro atoms. The van der Waals surface area contributed by atoms with Crippen molar-refractivity contribution >= 4 is 131 Å². The highest BCUT2D eigenvalue weighted by atomic mass is 15.5. The normalized spacial score (nSPS) is 12.1. The summed E-state index contributed by atoms with van der Waals surface area (Å²) in [6.07, 6.45) is 0. The first-order valence-electron chi connectivity index (χ1n) is 34.7. The quantitative estimate of drug-likeness (QED) is 0.135. The Hall–Kier alpha value is -14.0. The molecule has 14 aromatic carbocycles. The molecule has 0 saturated heterocycles. The van der Waals surface area contributed by atoms with Crippen LogP contribution in [0.15, 0.2) is 346 Å². The van der Waals surface area contributed by atoms with Gasteiger partial charge in [-0.25, -0.2) is 24.1 Å². The maximum absolute atomic E-state index is 6.07. The van der Waals surface area contributed by atoms with E-state index in [-0.39, 0.29) is 0 Å². The summed E-state index contributed by atoms with van der Waals surface area (Å²) in [6.45, 7) is 0. The lowest BCUT2D eigenvalue weighted by Gasteiger charge is -2.27. The minimum Gasteiger partial charge on any atom is -0.309 e. The van der Waals surface area contributed by atoms with Gasteiger partial charge in [-0.05, 0) is 84.9 Å². The third-order valence-corrected chi connectivity index (χ3v) is 21.1. The summed E-state index contributed by atoms with van der Waals surface area (Å²) in [5.41, 5.74) is 17.5. The summed E-state index contributed by atoms with van der Waals surface area (Å²) in [5.74, 6) is 3.19. The number of para-hydroxylation sites is 11. The molecule has 0 fully saturated rings. The molecule has 8 heterocycles. The van der Waals surface area contributed by atoms with E-state index in [1.54, 1.807) is 0 Å². The fourth-order valence-corrected chi connectivity index (χ4v) is 17.0. The van der Waals surface area contributed by atoms with Crippen LogP contribution in [0.25, 0.3) is 194 Å². The van der Waals surface area contributed by atoms with Crippen LogP contribution in [0, 0.1) is 0 Å². The molecule has 10 heteroatoms. The molecule has 474 valence electrons. The van der Waals surface area contributed by atoms with E-state index in [9.17, 15) is 0 Å². The largest absolute Gasteiger partial charge is 0.309 e. The first-order valence-corrected chi connectivity index (χ1v) is 34.7. The van der Waals surface area contributed by atoms with Gasteiger partial charge in [0.1, 0.15) is 33.4 Å². The van der Waals surface area contributed by atoms with Gasteiger partial charge in [-0.15, -0.1) is 4.68 Å². The third-order valence-electron chi connectivity index (χ3n) is 21.1. The number of pyridine rings is 1. The minimum atomic E-state index is 0.475. The van der Waals surface area contributed by atoms with Crippen LogP contribution < -0.4 is 4.68 Å². The summed E-state index contributed by atoms with van der Waals surface area (Å²) in [5, 5.41) is 13.2. The van der Waals surface area contributed by atoms with Crippen LogP contribution in [0.2, 0.25) is 0 Å². The molecular formula is C92H57N10+. The molecule has 0 N–H and O–H groups in total. The maximum atomic E-state index is 6.07. The Kier molecular flexibility index (Phi) is 12.0. The van der Waals surface area contributed by atoms with Gasteiger partial charge in [0.2, 0.25) is 0 Å². The summed E-state index contributed by atoms with van der Waals surface area (Å²) in [4.78, 5) is 17.7. The zero-order valence-corrected chi connectivity index (χ0v) is 54.9. The number of fused-ring (bicyclic) bond motifs is 19. The van der Waals surface area contributed by atoms with Crippen LogP contribution in [0.1, 0.15) is 0 Å². The van der Waals surface area contributed by atoms with Crippen LogP contribution >= 0.6 is 0 Å². The molecule has 0 aliphatic rings. The van der Waals surface area contributed by atoms with Crippen molar-refractivity contribution < 1.29 is 4.68 Å². The maximum Gasteiger partial charge on any atom is 0.282 e. The molecule has 0 aliphatic heterocycles.